The molecule has 16 heavy (non-hydrogen) atoms. The number of hydrogen-bond acceptors (Lipinski definition) is 1. The standard InChI is InChI=1S/C15H24O/c1-10-14(2,3)12-8-6-7-11(9-16)13(12)15(10,4)5/h9-10,12H,6-8H2,1-5H3/t10-,12?/m0/s1. The minimum atomic E-state index is 0.199. The van der Waals surface area contributed by atoms with Crippen molar-refractivity contribution in [1.82, 2.24) is 0 Å². The van der Waals surface area contributed by atoms with Crippen molar-refractivity contribution in [2.24, 2.45) is 22.7 Å². The first-order valence-corrected chi connectivity index (χ1v) is 6.52. The van der Waals surface area contributed by atoms with Gasteiger partial charge in [-0.05, 0) is 47.5 Å². The Morgan fingerprint density at radius 2 is 1.88 bits per heavy atom. The molecule has 0 bridgehead atoms. The summed E-state index contributed by atoms with van der Waals surface area (Å²) < 4.78 is 0. The Labute approximate surface area is 99.3 Å². The first-order chi connectivity index (χ1) is 7.33. The summed E-state index contributed by atoms with van der Waals surface area (Å²) in [5, 5.41) is 0. The predicted octanol–water partition coefficient (Wildman–Crippen LogP) is 3.98. The van der Waals surface area contributed by atoms with Gasteiger partial charge >= 0.3 is 0 Å². The van der Waals surface area contributed by atoms with Crippen LogP contribution in [0, 0.1) is 22.7 Å². The average molecular weight is 220 g/mol. The van der Waals surface area contributed by atoms with Crippen LogP contribution in [0.3, 0.4) is 0 Å². The van der Waals surface area contributed by atoms with Gasteiger partial charge in [0.15, 0.2) is 0 Å². The van der Waals surface area contributed by atoms with Crippen molar-refractivity contribution in [3.63, 3.8) is 0 Å². The second kappa shape index (κ2) is 3.45. The lowest BCUT2D eigenvalue weighted by Gasteiger charge is -2.33. The van der Waals surface area contributed by atoms with Gasteiger partial charge in [-0.2, -0.15) is 0 Å². The Morgan fingerprint density at radius 1 is 1.25 bits per heavy atom. The summed E-state index contributed by atoms with van der Waals surface area (Å²) in [5.74, 6) is 1.28. The summed E-state index contributed by atoms with van der Waals surface area (Å²) in [7, 11) is 0. The Hall–Kier alpha value is -0.590. The van der Waals surface area contributed by atoms with Gasteiger partial charge in [0.2, 0.25) is 0 Å². The van der Waals surface area contributed by atoms with Crippen LogP contribution in [0.15, 0.2) is 11.1 Å². The molecule has 1 saturated carbocycles. The van der Waals surface area contributed by atoms with Crippen molar-refractivity contribution in [2.75, 3.05) is 0 Å². The van der Waals surface area contributed by atoms with Crippen molar-refractivity contribution in [1.29, 1.82) is 0 Å². The lowest BCUT2D eigenvalue weighted by molar-refractivity contribution is -0.105. The zero-order valence-corrected chi connectivity index (χ0v) is 11.3. The quantitative estimate of drug-likeness (QED) is 0.611. The van der Waals surface area contributed by atoms with Crippen LogP contribution >= 0.6 is 0 Å². The topological polar surface area (TPSA) is 17.1 Å². The zero-order chi connectivity index (χ0) is 12.1. The fraction of sp³-hybridized carbons (Fsp3) is 0.800. The third kappa shape index (κ3) is 1.33. The highest BCUT2D eigenvalue weighted by molar-refractivity contribution is 5.76. The van der Waals surface area contributed by atoms with Crippen LogP contribution < -0.4 is 0 Å². The molecule has 0 saturated heterocycles. The number of rotatable bonds is 1. The Bertz CT molecular complexity index is 346. The molecule has 1 heteroatoms. The van der Waals surface area contributed by atoms with Crippen LogP contribution in [0.2, 0.25) is 0 Å². The summed E-state index contributed by atoms with van der Waals surface area (Å²) in [5.41, 5.74) is 3.13. The van der Waals surface area contributed by atoms with E-state index in [-0.39, 0.29) is 5.41 Å². The smallest absolute Gasteiger partial charge is 0.146 e. The second-order valence-corrected chi connectivity index (χ2v) is 6.77. The number of hydrogen-bond donors (Lipinski definition) is 0. The van der Waals surface area contributed by atoms with Gasteiger partial charge in [0.05, 0.1) is 0 Å². The van der Waals surface area contributed by atoms with E-state index in [1.54, 1.807) is 0 Å². The zero-order valence-electron chi connectivity index (χ0n) is 11.3. The molecule has 0 heterocycles. The predicted molar refractivity (Wildman–Crippen MR) is 67.2 cm³/mol. The van der Waals surface area contributed by atoms with E-state index < -0.39 is 0 Å². The highest BCUT2D eigenvalue weighted by Gasteiger charge is 2.55. The van der Waals surface area contributed by atoms with Gasteiger partial charge in [-0.25, -0.2) is 0 Å². The molecule has 0 aromatic rings. The van der Waals surface area contributed by atoms with Crippen LogP contribution in [0.4, 0.5) is 0 Å². The molecule has 0 amide bonds. The summed E-state index contributed by atoms with van der Waals surface area (Å²) in [4.78, 5) is 11.3. The van der Waals surface area contributed by atoms with Gasteiger partial charge < -0.3 is 0 Å². The van der Waals surface area contributed by atoms with E-state index in [1.807, 2.05) is 0 Å². The highest BCUT2D eigenvalue weighted by atomic mass is 16.1. The van der Waals surface area contributed by atoms with E-state index in [1.165, 1.54) is 18.4 Å². The molecule has 0 aliphatic heterocycles. The molecule has 2 rings (SSSR count). The van der Waals surface area contributed by atoms with Crippen LogP contribution in [0.25, 0.3) is 0 Å². The van der Waals surface area contributed by atoms with Crippen LogP contribution in [-0.4, -0.2) is 6.29 Å². The van der Waals surface area contributed by atoms with Crippen LogP contribution in [-0.2, 0) is 4.79 Å². The van der Waals surface area contributed by atoms with Crippen LogP contribution in [0.1, 0.15) is 53.9 Å². The number of allylic oxidation sites excluding steroid dienone is 2. The Morgan fingerprint density at radius 3 is 2.44 bits per heavy atom. The molecule has 0 aromatic heterocycles. The third-order valence-corrected chi connectivity index (χ3v) is 5.57. The lowest BCUT2D eigenvalue weighted by Crippen LogP contribution is -2.27. The van der Waals surface area contributed by atoms with Crippen molar-refractivity contribution in [3.8, 4) is 0 Å². The summed E-state index contributed by atoms with van der Waals surface area (Å²) in [6.07, 6.45) is 4.58. The SMILES string of the molecule is C[C@@H]1C(C)(C)C2=C(C=O)CCCC2C1(C)C. The van der Waals surface area contributed by atoms with Crippen molar-refractivity contribution in [3.05, 3.63) is 11.1 Å². The van der Waals surface area contributed by atoms with E-state index >= 15 is 0 Å². The molecule has 1 fully saturated rings. The van der Waals surface area contributed by atoms with Gasteiger partial charge in [-0.1, -0.05) is 40.2 Å². The van der Waals surface area contributed by atoms with Gasteiger partial charge in [-0.3, -0.25) is 4.79 Å². The fourth-order valence-corrected chi connectivity index (χ4v) is 4.19. The van der Waals surface area contributed by atoms with Gasteiger partial charge in [0.25, 0.3) is 0 Å². The number of carbonyl (C=O) groups excluding carboxylic acids is 1. The minimum Gasteiger partial charge on any atom is -0.298 e. The lowest BCUT2D eigenvalue weighted by atomic mass is 9.71. The first-order valence-electron chi connectivity index (χ1n) is 6.52. The maximum absolute atomic E-state index is 11.3. The normalized spacial score (nSPS) is 36.1. The van der Waals surface area contributed by atoms with E-state index in [9.17, 15) is 4.79 Å². The monoisotopic (exact) mass is 220 g/mol. The van der Waals surface area contributed by atoms with Crippen molar-refractivity contribution in [2.45, 2.75) is 53.9 Å². The molecule has 2 aliphatic carbocycles. The van der Waals surface area contributed by atoms with Gasteiger partial charge in [0, 0.05) is 0 Å². The molecule has 2 atom stereocenters. The number of aldehydes is 1. The molecular weight excluding hydrogens is 196 g/mol. The Balaban J connectivity index is 2.60. The molecule has 0 spiro atoms. The molecule has 1 nitrogen and oxygen atoms in total. The summed E-state index contributed by atoms with van der Waals surface area (Å²) in [6, 6.07) is 0. The van der Waals surface area contributed by atoms with E-state index in [0.29, 0.717) is 17.3 Å². The number of carbonyl (C=O) groups is 1. The maximum atomic E-state index is 11.3. The second-order valence-electron chi connectivity index (χ2n) is 6.77. The number of fused-ring (bicyclic) bond motifs is 1. The van der Waals surface area contributed by atoms with Gasteiger partial charge in [0.1, 0.15) is 6.29 Å². The fourth-order valence-electron chi connectivity index (χ4n) is 4.19. The van der Waals surface area contributed by atoms with E-state index in [2.05, 4.69) is 34.6 Å². The molecule has 0 aromatic carbocycles. The molecule has 0 N–H and O–H groups in total. The summed E-state index contributed by atoms with van der Waals surface area (Å²) in [6.45, 7) is 11.8. The largest absolute Gasteiger partial charge is 0.298 e. The van der Waals surface area contributed by atoms with Crippen molar-refractivity contribution < 1.29 is 4.79 Å². The molecule has 2 aliphatic rings. The molecular formula is C15H24O. The first kappa shape index (κ1) is 11.9. The van der Waals surface area contributed by atoms with Crippen molar-refractivity contribution >= 4 is 6.29 Å². The molecule has 0 radical (unpaired) electrons. The van der Waals surface area contributed by atoms with Crippen LogP contribution in [0.5, 0.6) is 0 Å². The Kier molecular flexibility index (Phi) is 2.56. The third-order valence-electron chi connectivity index (χ3n) is 5.57. The van der Waals surface area contributed by atoms with E-state index in [4.69, 9.17) is 0 Å². The van der Waals surface area contributed by atoms with Gasteiger partial charge in [-0.15, -0.1) is 0 Å². The maximum Gasteiger partial charge on any atom is 0.146 e. The minimum absolute atomic E-state index is 0.199. The highest BCUT2D eigenvalue weighted by Crippen LogP contribution is 2.63. The molecule has 1 unspecified atom stereocenters. The average Bonchev–Trinajstić information content (AvgIpc) is 2.38. The van der Waals surface area contributed by atoms with E-state index in [0.717, 1.165) is 18.3 Å². The summed E-state index contributed by atoms with van der Waals surface area (Å²) >= 11 is 0. The molecule has 90 valence electrons.